The van der Waals surface area contributed by atoms with Gasteiger partial charge < -0.3 is 0 Å². The minimum Gasteiger partial charge on any atom is -0.244 e. The maximum Gasteiger partial charge on any atom is 0.237 e. The van der Waals surface area contributed by atoms with Crippen LogP contribution in [0.25, 0.3) is 6.08 Å². The van der Waals surface area contributed by atoms with Crippen LogP contribution in [0, 0.1) is 0 Å². The lowest BCUT2D eigenvalue weighted by atomic mass is 10.0. The molecular weight excluding hydrogens is 310 g/mol. The molecule has 2 bridgehead atoms. The highest BCUT2D eigenvalue weighted by molar-refractivity contribution is 7.92. The summed E-state index contributed by atoms with van der Waals surface area (Å²) < 4.78 is 27.3. The number of hydrogen-bond donors (Lipinski definition) is 0. The Balaban J connectivity index is 1.67. The Morgan fingerprint density at radius 1 is 1.17 bits per heavy atom. The molecule has 0 aliphatic carbocycles. The van der Waals surface area contributed by atoms with Crippen LogP contribution in [0.5, 0.6) is 0 Å². The fraction of sp³-hybridized carbons (Fsp3) is 0.294. The number of sulfonamides is 1. The first-order chi connectivity index (χ1) is 11.1. The molecule has 4 rings (SSSR count). The molecule has 0 saturated carbocycles. The van der Waals surface area contributed by atoms with Crippen molar-refractivity contribution < 1.29 is 8.42 Å². The Hall–Kier alpha value is -2.05. The lowest BCUT2D eigenvalue weighted by Gasteiger charge is -2.33. The van der Waals surface area contributed by atoms with Gasteiger partial charge in [0.05, 0.1) is 11.7 Å². The van der Waals surface area contributed by atoms with E-state index in [0.717, 1.165) is 29.7 Å². The van der Waals surface area contributed by atoms with Crippen molar-refractivity contribution in [3.05, 3.63) is 65.1 Å². The SMILES string of the molecule is O=S(=O)(C=Cc1ccccc1)N1C2CCC1c1cncnc1C2. The predicted octanol–water partition coefficient (Wildman–Crippen LogP) is 2.54. The summed E-state index contributed by atoms with van der Waals surface area (Å²) in [5.41, 5.74) is 2.83. The topological polar surface area (TPSA) is 63.2 Å². The van der Waals surface area contributed by atoms with E-state index in [0.29, 0.717) is 6.42 Å². The van der Waals surface area contributed by atoms with E-state index in [1.54, 1.807) is 16.6 Å². The Morgan fingerprint density at radius 3 is 2.83 bits per heavy atom. The summed E-state index contributed by atoms with van der Waals surface area (Å²) in [7, 11) is -3.46. The van der Waals surface area contributed by atoms with E-state index in [9.17, 15) is 8.42 Å². The number of rotatable bonds is 3. The van der Waals surface area contributed by atoms with E-state index in [4.69, 9.17) is 0 Å². The highest BCUT2D eigenvalue weighted by atomic mass is 32.2. The Bertz CT molecular complexity index is 849. The largest absolute Gasteiger partial charge is 0.244 e. The molecule has 6 heteroatoms. The van der Waals surface area contributed by atoms with Gasteiger partial charge in [0.2, 0.25) is 10.0 Å². The maximum absolute atomic E-state index is 12.8. The first kappa shape index (κ1) is 14.5. The average Bonchev–Trinajstić information content (AvgIpc) is 2.91. The van der Waals surface area contributed by atoms with E-state index in [2.05, 4.69) is 9.97 Å². The molecule has 2 unspecified atom stereocenters. The summed E-state index contributed by atoms with van der Waals surface area (Å²) in [5.74, 6) is 0. The van der Waals surface area contributed by atoms with Crippen molar-refractivity contribution >= 4 is 16.1 Å². The Kier molecular flexibility index (Phi) is 3.50. The van der Waals surface area contributed by atoms with Crippen molar-refractivity contribution in [2.45, 2.75) is 31.3 Å². The summed E-state index contributed by atoms with van der Waals surface area (Å²) in [5, 5.41) is 1.32. The number of nitrogens with zero attached hydrogens (tertiary/aromatic N) is 3. The molecule has 0 radical (unpaired) electrons. The predicted molar refractivity (Wildman–Crippen MR) is 87.7 cm³/mol. The quantitative estimate of drug-likeness (QED) is 0.869. The number of aromatic nitrogens is 2. The molecule has 0 spiro atoms. The fourth-order valence-corrected chi connectivity index (χ4v) is 5.20. The first-order valence-corrected chi connectivity index (χ1v) is 9.21. The van der Waals surface area contributed by atoms with E-state index in [1.807, 2.05) is 30.3 Å². The Morgan fingerprint density at radius 2 is 2.00 bits per heavy atom. The summed E-state index contributed by atoms with van der Waals surface area (Å²) >= 11 is 0. The highest BCUT2D eigenvalue weighted by Gasteiger charge is 2.45. The van der Waals surface area contributed by atoms with Gasteiger partial charge in [-0.25, -0.2) is 18.4 Å². The number of fused-ring (bicyclic) bond motifs is 4. The molecule has 2 aliphatic rings. The van der Waals surface area contributed by atoms with Crippen LogP contribution in [0.1, 0.15) is 35.7 Å². The monoisotopic (exact) mass is 327 g/mol. The molecule has 2 aliphatic heterocycles. The summed E-state index contributed by atoms with van der Waals surface area (Å²) in [6, 6.07) is 9.35. The number of hydrogen-bond acceptors (Lipinski definition) is 4. The van der Waals surface area contributed by atoms with Crippen LogP contribution in [-0.4, -0.2) is 28.7 Å². The van der Waals surface area contributed by atoms with Crippen LogP contribution >= 0.6 is 0 Å². The van der Waals surface area contributed by atoms with Crippen LogP contribution in [0.4, 0.5) is 0 Å². The smallest absolute Gasteiger partial charge is 0.237 e. The Labute approximate surface area is 135 Å². The van der Waals surface area contributed by atoms with E-state index < -0.39 is 10.0 Å². The molecule has 1 saturated heterocycles. The second-order valence-electron chi connectivity index (χ2n) is 5.96. The number of benzene rings is 1. The second kappa shape index (κ2) is 5.54. The summed E-state index contributed by atoms with van der Waals surface area (Å²) in [6.45, 7) is 0. The maximum atomic E-state index is 12.8. The summed E-state index contributed by atoms with van der Waals surface area (Å²) in [6.07, 6.45) is 7.34. The van der Waals surface area contributed by atoms with Gasteiger partial charge >= 0.3 is 0 Å². The van der Waals surface area contributed by atoms with Gasteiger partial charge in [0.25, 0.3) is 0 Å². The zero-order valence-corrected chi connectivity index (χ0v) is 13.4. The molecule has 118 valence electrons. The molecule has 2 atom stereocenters. The van der Waals surface area contributed by atoms with Gasteiger partial charge in [0.15, 0.2) is 0 Å². The van der Waals surface area contributed by atoms with Crippen molar-refractivity contribution in [3.8, 4) is 0 Å². The van der Waals surface area contributed by atoms with Crippen molar-refractivity contribution in [2.24, 2.45) is 0 Å². The molecule has 1 aromatic heterocycles. The molecule has 1 fully saturated rings. The summed E-state index contributed by atoms with van der Waals surface area (Å²) in [4.78, 5) is 8.39. The van der Waals surface area contributed by atoms with E-state index in [-0.39, 0.29) is 12.1 Å². The molecule has 5 nitrogen and oxygen atoms in total. The van der Waals surface area contributed by atoms with Crippen LogP contribution in [0.3, 0.4) is 0 Å². The van der Waals surface area contributed by atoms with Crippen LogP contribution < -0.4 is 0 Å². The third kappa shape index (κ3) is 2.58. The highest BCUT2D eigenvalue weighted by Crippen LogP contribution is 2.44. The fourth-order valence-electron chi connectivity index (χ4n) is 3.57. The van der Waals surface area contributed by atoms with E-state index in [1.165, 1.54) is 11.7 Å². The van der Waals surface area contributed by atoms with Gasteiger partial charge in [-0.05, 0) is 24.5 Å². The lowest BCUT2D eigenvalue weighted by Crippen LogP contribution is -2.41. The first-order valence-electron chi connectivity index (χ1n) is 7.70. The molecule has 1 aromatic carbocycles. The minimum atomic E-state index is -3.46. The molecule has 0 N–H and O–H groups in total. The zero-order chi connectivity index (χ0) is 15.9. The van der Waals surface area contributed by atoms with Crippen LogP contribution in [0.2, 0.25) is 0 Å². The van der Waals surface area contributed by atoms with Crippen LogP contribution in [-0.2, 0) is 16.4 Å². The normalized spacial score (nSPS) is 24.0. The van der Waals surface area contributed by atoms with Gasteiger partial charge in [-0.1, -0.05) is 30.3 Å². The van der Waals surface area contributed by atoms with Gasteiger partial charge in [0, 0.05) is 29.6 Å². The lowest BCUT2D eigenvalue weighted by molar-refractivity contribution is 0.304. The molecule has 0 amide bonds. The molecule has 3 heterocycles. The van der Waals surface area contributed by atoms with Gasteiger partial charge in [-0.2, -0.15) is 4.31 Å². The molecule has 2 aromatic rings. The van der Waals surface area contributed by atoms with Gasteiger partial charge in [0.1, 0.15) is 6.33 Å². The average molecular weight is 327 g/mol. The van der Waals surface area contributed by atoms with Gasteiger partial charge in [-0.15, -0.1) is 0 Å². The standard InChI is InChI=1S/C17H17N3O2S/c21-23(22,9-8-13-4-2-1-3-5-13)20-14-6-7-17(20)15-11-18-12-19-16(15)10-14/h1-5,8-9,11-12,14,17H,6-7,10H2. The third-order valence-electron chi connectivity index (χ3n) is 4.58. The van der Waals surface area contributed by atoms with E-state index >= 15 is 0 Å². The zero-order valence-electron chi connectivity index (χ0n) is 12.5. The van der Waals surface area contributed by atoms with Crippen LogP contribution in [0.15, 0.2) is 48.3 Å². The van der Waals surface area contributed by atoms with Crippen molar-refractivity contribution in [2.75, 3.05) is 0 Å². The third-order valence-corrected chi connectivity index (χ3v) is 6.20. The van der Waals surface area contributed by atoms with Crippen molar-refractivity contribution in [3.63, 3.8) is 0 Å². The van der Waals surface area contributed by atoms with Crippen molar-refractivity contribution in [1.29, 1.82) is 0 Å². The molecular formula is C17H17N3O2S. The van der Waals surface area contributed by atoms with Gasteiger partial charge in [-0.3, -0.25) is 0 Å². The minimum absolute atomic E-state index is 0.00724. The second-order valence-corrected chi connectivity index (χ2v) is 7.69. The van der Waals surface area contributed by atoms with Crippen molar-refractivity contribution in [1.82, 2.24) is 14.3 Å². The molecule has 23 heavy (non-hydrogen) atoms.